The van der Waals surface area contributed by atoms with Crippen LogP contribution in [0.4, 0.5) is 0 Å². The number of unbranched alkanes of at least 4 members (excludes halogenated alkanes) is 18. The number of nitrogens with one attached hydrogen (secondary N) is 1. The van der Waals surface area contributed by atoms with E-state index in [1.54, 1.807) is 6.08 Å². The van der Waals surface area contributed by atoms with Crippen LogP contribution in [0.15, 0.2) is 24.3 Å². The normalized spacial score (nSPS) is 15.0. The van der Waals surface area contributed by atoms with Gasteiger partial charge in [0.15, 0.2) is 0 Å². The van der Waals surface area contributed by atoms with Gasteiger partial charge in [-0.15, -0.1) is 0 Å². The Morgan fingerprint density at radius 3 is 1.67 bits per heavy atom. The zero-order valence-corrected chi connectivity index (χ0v) is 31.5. The summed E-state index contributed by atoms with van der Waals surface area (Å²) in [4.78, 5) is 22.9. The van der Waals surface area contributed by atoms with Gasteiger partial charge in [-0.25, -0.2) is 4.57 Å². The summed E-state index contributed by atoms with van der Waals surface area (Å²) in [6, 6.07) is -0.844. The van der Waals surface area contributed by atoms with Crippen LogP contribution in [0.5, 0.6) is 0 Å². The van der Waals surface area contributed by atoms with Crippen LogP contribution in [0.1, 0.15) is 155 Å². The van der Waals surface area contributed by atoms with Gasteiger partial charge in [-0.05, 0) is 44.9 Å². The van der Waals surface area contributed by atoms with Crippen molar-refractivity contribution in [1.82, 2.24) is 5.32 Å². The highest BCUT2D eigenvalue weighted by atomic mass is 31.2. The summed E-state index contributed by atoms with van der Waals surface area (Å²) < 4.78 is 23.4. The minimum absolute atomic E-state index is 0.0603. The summed E-state index contributed by atoms with van der Waals surface area (Å²) in [7, 11) is 1.56. The molecular weight excluding hydrogens is 599 g/mol. The van der Waals surface area contributed by atoms with Crippen molar-refractivity contribution in [1.29, 1.82) is 0 Å². The van der Waals surface area contributed by atoms with Gasteiger partial charge in [0.05, 0.1) is 39.9 Å². The van der Waals surface area contributed by atoms with Gasteiger partial charge in [0.25, 0.3) is 0 Å². The Kier molecular flexibility index (Phi) is 29.4. The highest BCUT2D eigenvalue weighted by molar-refractivity contribution is 7.47. The van der Waals surface area contributed by atoms with E-state index in [-0.39, 0.29) is 19.1 Å². The van der Waals surface area contributed by atoms with Crippen LogP contribution in [-0.4, -0.2) is 73.4 Å². The summed E-state index contributed by atoms with van der Waals surface area (Å²) in [6.07, 6.45) is 32.4. The predicted molar refractivity (Wildman–Crippen MR) is 194 cm³/mol. The fraction of sp³-hybridized carbons (Fsp3) is 0.865. The third kappa shape index (κ3) is 31.6. The van der Waals surface area contributed by atoms with Crippen molar-refractivity contribution in [3.05, 3.63) is 24.3 Å². The number of carbonyl (C=O) groups is 1. The molecule has 0 spiro atoms. The van der Waals surface area contributed by atoms with Gasteiger partial charge in [0.1, 0.15) is 13.2 Å². The van der Waals surface area contributed by atoms with E-state index in [1.807, 2.05) is 27.2 Å². The first kappa shape index (κ1) is 45.0. The molecule has 0 radical (unpaired) electrons. The minimum Gasteiger partial charge on any atom is -0.387 e. The monoisotopic (exact) mass is 674 g/mol. The Morgan fingerprint density at radius 2 is 1.17 bits per heavy atom. The molecule has 8 nitrogen and oxygen atoms in total. The van der Waals surface area contributed by atoms with Crippen molar-refractivity contribution in [3.63, 3.8) is 0 Å². The maximum atomic E-state index is 12.7. The number of aliphatic hydroxyl groups is 1. The van der Waals surface area contributed by atoms with E-state index < -0.39 is 20.0 Å². The van der Waals surface area contributed by atoms with Gasteiger partial charge in [-0.1, -0.05) is 128 Å². The summed E-state index contributed by atoms with van der Waals surface area (Å²) >= 11 is 0. The first-order valence-electron chi connectivity index (χ1n) is 18.7. The lowest BCUT2D eigenvalue weighted by Crippen LogP contribution is -2.45. The molecule has 0 aliphatic carbocycles. The number of nitrogens with zero attached hydrogens (tertiary/aromatic N) is 1. The second-order valence-corrected chi connectivity index (χ2v) is 15.4. The number of quaternary nitrogens is 1. The molecular formula is C37H74N2O6P+. The molecule has 46 heavy (non-hydrogen) atoms. The number of likely N-dealkylation sites (N-methyl/N-ethyl adjacent to an activating group) is 1. The van der Waals surface area contributed by atoms with E-state index in [0.717, 1.165) is 51.4 Å². The third-order valence-electron chi connectivity index (χ3n) is 8.17. The van der Waals surface area contributed by atoms with E-state index >= 15 is 0 Å². The number of aliphatic hydroxyl groups excluding tert-OH is 1. The second kappa shape index (κ2) is 30.1. The number of hydrogen-bond acceptors (Lipinski definition) is 5. The molecule has 0 saturated heterocycles. The molecule has 3 atom stereocenters. The van der Waals surface area contributed by atoms with E-state index in [9.17, 15) is 19.4 Å². The number of phosphoric acid groups is 1. The Balaban J connectivity index is 4.55. The van der Waals surface area contributed by atoms with Gasteiger partial charge in [-0.2, -0.15) is 0 Å². The molecule has 0 aromatic rings. The summed E-state index contributed by atoms with van der Waals surface area (Å²) in [5, 5.41) is 13.7. The zero-order valence-electron chi connectivity index (χ0n) is 30.6. The topological polar surface area (TPSA) is 105 Å². The molecule has 0 bridgehead atoms. The molecule has 3 unspecified atom stereocenters. The Bertz CT molecular complexity index is 814. The molecule has 1 amide bonds. The molecule has 0 saturated carbocycles. The van der Waals surface area contributed by atoms with E-state index in [4.69, 9.17) is 9.05 Å². The van der Waals surface area contributed by atoms with Gasteiger partial charge < -0.3 is 19.8 Å². The molecule has 0 aliphatic heterocycles. The molecule has 0 aromatic carbocycles. The molecule has 0 heterocycles. The number of rotatable bonds is 33. The quantitative estimate of drug-likeness (QED) is 0.0278. The first-order chi connectivity index (χ1) is 22.0. The molecule has 9 heteroatoms. The zero-order chi connectivity index (χ0) is 34.4. The van der Waals surface area contributed by atoms with Crippen LogP contribution in [-0.2, 0) is 18.4 Å². The first-order valence-corrected chi connectivity index (χ1v) is 20.2. The fourth-order valence-electron chi connectivity index (χ4n) is 5.09. The highest BCUT2D eigenvalue weighted by Crippen LogP contribution is 2.43. The lowest BCUT2D eigenvalue weighted by atomic mass is 10.1. The minimum atomic E-state index is -4.32. The van der Waals surface area contributed by atoms with Crippen molar-refractivity contribution in [2.45, 2.75) is 167 Å². The molecule has 0 rings (SSSR count). The second-order valence-electron chi connectivity index (χ2n) is 13.9. The van der Waals surface area contributed by atoms with Crippen LogP contribution in [0.25, 0.3) is 0 Å². The summed E-state index contributed by atoms with van der Waals surface area (Å²) in [6.45, 7) is 4.75. The number of amides is 1. The van der Waals surface area contributed by atoms with Crippen molar-refractivity contribution < 1.29 is 32.9 Å². The molecule has 0 aromatic heterocycles. The van der Waals surface area contributed by atoms with E-state index in [0.29, 0.717) is 17.4 Å². The highest BCUT2D eigenvalue weighted by Gasteiger charge is 2.27. The van der Waals surface area contributed by atoms with Crippen LogP contribution in [0, 0.1) is 0 Å². The molecule has 0 fully saturated rings. The van der Waals surface area contributed by atoms with Gasteiger partial charge >= 0.3 is 7.82 Å². The largest absolute Gasteiger partial charge is 0.472 e. The average Bonchev–Trinajstić information content (AvgIpc) is 2.99. The lowest BCUT2D eigenvalue weighted by molar-refractivity contribution is -0.870. The smallest absolute Gasteiger partial charge is 0.387 e. The van der Waals surface area contributed by atoms with Crippen LogP contribution in [0.3, 0.4) is 0 Å². The Morgan fingerprint density at radius 1 is 0.717 bits per heavy atom. The fourth-order valence-corrected chi connectivity index (χ4v) is 5.83. The van der Waals surface area contributed by atoms with E-state index in [1.165, 1.54) is 83.5 Å². The van der Waals surface area contributed by atoms with Crippen LogP contribution in [0.2, 0.25) is 0 Å². The lowest BCUT2D eigenvalue weighted by Gasteiger charge is -2.25. The third-order valence-corrected chi connectivity index (χ3v) is 9.15. The molecule has 3 N–H and O–H groups in total. The number of hydrogen-bond donors (Lipinski definition) is 3. The summed E-state index contributed by atoms with van der Waals surface area (Å²) in [5.74, 6) is -0.190. The summed E-state index contributed by atoms with van der Waals surface area (Å²) in [5.41, 5.74) is 0. The van der Waals surface area contributed by atoms with Crippen molar-refractivity contribution in [3.8, 4) is 0 Å². The number of phosphoric ester groups is 1. The van der Waals surface area contributed by atoms with Crippen molar-refractivity contribution in [2.24, 2.45) is 0 Å². The van der Waals surface area contributed by atoms with Gasteiger partial charge in [0.2, 0.25) is 5.91 Å². The van der Waals surface area contributed by atoms with E-state index in [2.05, 4.69) is 31.3 Å². The SMILES string of the molecule is CCCCCCC/C=C\CCCCCCCC(=O)NC(COP(=O)(O)OCC[N+](C)(C)C)C(O)/C=C/CCCCCCCCCC. The van der Waals surface area contributed by atoms with Gasteiger partial charge in [-0.3, -0.25) is 13.8 Å². The Hall–Kier alpha value is -1.02. The maximum Gasteiger partial charge on any atom is 0.472 e. The number of carbonyl (C=O) groups excluding carboxylic acids is 1. The molecule has 0 aliphatic rings. The average molecular weight is 674 g/mol. The van der Waals surface area contributed by atoms with Crippen molar-refractivity contribution >= 4 is 13.7 Å². The standard InChI is InChI=1S/C37H73N2O6P/c1-6-8-10-12-14-16-18-19-20-21-23-25-27-29-31-37(41)38-35(34-45-46(42,43)44-33-32-39(3,4)5)36(40)30-28-26-24-22-17-15-13-11-9-7-2/h18-19,28,30,35-36,40H,6-17,20-27,29,31-34H2,1-5H3,(H-,38,41,42,43)/p+1/b19-18-,30-28+. The van der Waals surface area contributed by atoms with Crippen molar-refractivity contribution in [2.75, 3.05) is 40.9 Å². The van der Waals surface area contributed by atoms with Gasteiger partial charge in [0, 0.05) is 6.42 Å². The molecule has 272 valence electrons. The predicted octanol–water partition coefficient (Wildman–Crippen LogP) is 9.41. The Labute approximate surface area is 284 Å². The van der Waals surface area contributed by atoms with Crippen LogP contribution >= 0.6 is 7.82 Å². The number of allylic oxidation sites excluding steroid dienone is 3. The maximum absolute atomic E-state index is 12.7. The van der Waals surface area contributed by atoms with Crippen LogP contribution < -0.4 is 5.32 Å².